The molecule has 2 fully saturated rings. The molecular weight excluding hydrogens is 484 g/mol. The molecule has 0 bridgehead atoms. The normalized spacial score (nSPS) is 16.2. The Bertz CT molecular complexity index is 1540. The summed E-state index contributed by atoms with van der Waals surface area (Å²) >= 11 is 1.65. The average Bonchev–Trinajstić information content (AvgIpc) is 3.81. The van der Waals surface area contributed by atoms with Crippen molar-refractivity contribution in [2.45, 2.75) is 69.9 Å². The SMILES string of the molecule is CSc1ccc(CNc2nc3c(C)nc(-c4c(C)ncnc4C4CC4)nc3n([C@@H](C)C3CC3)c2=O)nc1. The molecule has 2 saturated carbocycles. The fraction of sp³-hybridized carbons (Fsp3) is 0.444. The van der Waals surface area contributed by atoms with Crippen molar-refractivity contribution in [3.8, 4) is 11.4 Å². The van der Waals surface area contributed by atoms with E-state index in [0.717, 1.165) is 58.9 Å². The van der Waals surface area contributed by atoms with Gasteiger partial charge in [0.15, 0.2) is 17.3 Å². The van der Waals surface area contributed by atoms with Crippen molar-refractivity contribution < 1.29 is 0 Å². The van der Waals surface area contributed by atoms with E-state index in [1.54, 1.807) is 18.1 Å². The van der Waals surface area contributed by atoms with E-state index in [9.17, 15) is 4.79 Å². The van der Waals surface area contributed by atoms with Crippen LogP contribution in [0.2, 0.25) is 0 Å². The maximum atomic E-state index is 13.8. The lowest BCUT2D eigenvalue weighted by molar-refractivity contribution is 0.482. The van der Waals surface area contributed by atoms with Gasteiger partial charge >= 0.3 is 0 Å². The van der Waals surface area contributed by atoms with Crippen LogP contribution in [0.25, 0.3) is 22.6 Å². The number of anilines is 1. The van der Waals surface area contributed by atoms with Gasteiger partial charge in [-0.3, -0.25) is 14.3 Å². The molecule has 4 aromatic rings. The van der Waals surface area contributed by atoms with E-state index in [2.05, 4.69) is 27.2 Å². The predicted octanol–water partition coefficient (Wildman–Crippen LogP) is 4.84. The summed E-state index contributed by atoms with van der Waals surface area (Å²) in [6.45, 7) is 6.41. The van der Waals surface area contributed by atoms with Crippen molar-refractivity contribution in [1.29, 1.82) is 0 Å². The molecule has 2 aliphatic rings. The Balaban J connectivity index is 1.47. The zero-order valence-corrected chi connectivity index (χ0v) is 22.3. The molecule has 190 valence electrons. The zero-order chi connectivity index (χ0) is 25.7. The summed E-state index contributed by atoms with van der Waals surface area (Å²) in [4.78, 5) is 43.0. The van der Waals surface area contributed by atoms with Crippen molar-refractivity contribution in [2.24, 2.45) is 5.92 Å². The fourth-order valence-corrected chi connectivity index (χ4v) is 5.22. The zero-order valence-electron chi connectivity index (χ0n) is 21.5. The molecule has 4 aromatic heterocycles. The fourth-order valence-electron chi connectivity index (χ4n) is 4.86. The summed E-state index contributed by atoms with van der Waals surface area (Å²) in [7, 11) is 0. The number of nitrogens with zero attached hydrogens (tertiary/aromatic N) is 7. The van der Waals surface area contributed by atoms with E-state index in [1.807, 2.05) is 43.0 Å². The molecule has 0 amide bonds. The van der Waals surface area contributed by atoms with Gasteiger partial charge in [0.05, 0.1) is 34.9 Å². The van der Waals surface area contributed by atoms with E-state index < -0.39 is 0 Å². The van der Waals surface area contributed by atoms with Crippen LogP contribution in [0, 0.1) is 19.8 Å². The Morgan fingerprint density at radius 1 is 1.05 bits per heavy atom. The molecular formula is C27H30N8OS. The molecule has 0 unspecified atom stereocenters. The molecule has 0 aliphatic heterocycles. The van der Waals surface area contributed by atoms with E-state index in [1.165, 1.54) is 0 Å². The number of pyridine rings is 1. The smallest absolute Gasteiger partial charge is 0.295 e. The number of nitrogens with one attached hydrogen (secondary N) is 1. The quantitative estimate of drug-likeness (QED) is 0.330. The van der Waals surface area contributed by atoms with Gasteiger partial charge in [-0.05, 0) is 70.8 Å². The molecule has 0 saturated heterocycles. The van der Waals surface area contributed by atoms with Crippen molar-refractivity contribution >= 4 is 28.7 Å². The van der Waals surface area contributed by atoms with Gasteiger partial charge in [0.2, 0.25) is 0 Å². The summed E-state index contributed by atoms with van der Waals surface area (Å²) in [6, 6.07) is 4.00. The second-order valence-electron chi connectivity index (χ2n) is 10.1. The lowest BCUT2D eigenvalue weighted by Crippen LogP contribution is -2.29. The minimum absolute atomic E-state index is 0.00992. The molecule has 37 heavy (non-hydrogen) atoms. The van der Waals surface area contributed by atoms with Crippen molar-refractivity contribution in [1.82, 2.24) is 34.5 Å². The summed E-state index contributed by atoms with van der Waals surface area (Å²) < 4.78 is 1.82. The molecule has 0 radical (unpaired) electrons. The van der Waals surface area contributed by atoms with Crippen molar-refractivity contribution in [3.63, 3.8) is 0 Å². The largest absolute Gasteiger partial charge is 0.360 e. The number of hydrogen-bond donors (Lipinski definition) is 1. The van der Waals surface area contributed by atoms with Crippen LogP contribution in [0.4, 0.5) is 5.82 Å². The lowest BCUT2D eigenvalue weighted by Gasteiger charge is -2.20. The third-order valence-electron chi connectivity index (χ3n) is 7.35. The standard InChI is InChI=1S/C27H30N8OS/c1-14-21(23(18-7-8-18)31-13-30-14)24-32-15(2)22-26(34-24)35(16(3)17-5-6-17)27(36)25(33-22)29-11-19-9-10-20(37-4)12-28-19/h9-10,12-13,16-18H,5-8,11H2,1-4H3,(H,29,33)/t16-/m0/s1. The molecule has 6 rings (SSSR count). The Morgan fingerprint density at radius 3 is 2.54 bits per heavy atom. The second kappa shape index (κ2) is 9.48. The van der Waals surface area contributed by atoms with Crippen LogP contribution in [0.15, 0.2) is 34.3 Å². The molecule has 0 aromatic carbocycles. The summed E-state index contributed by atoms with van der Waals surface area (Å²) in [5.74, 6) is 1.75. The summed E-state index contributed by atoms with van der Waals surface area (Å²) in [5.41, 5.74) is 5.35. The highest BCUT2D eigenvalue weighted by Gasteiger charge is 2.33. The van der Waals surface area contributed by atoms with E-state index in [-0.39, 0.29) is 11.6 Å². The van der Waals surface area contributed by atoms with Crippen LogP contribution in [-0.4, -0.2) is 40.7 Å². The van der Waals surface area contributed by atoms with E-state index in [0.29, 0.717) is 41.2 Å². The van der Waals surface area contributed by atoms with Gasteiger partial charge in [0, 0.05) is 23.1 Å². The third kappa shape index (κ3) is 4.58. The molecule has 9 nitrogen and oxygen atoms in total. The first-order chi connectivity index (χ1) is 17.9. The number of hydrogen-bond acceptors (Lipinski definition) is 9. The minimum Gasteiger partial charge on any atom is -0.360 e. The average molecular weight is 515 g/mol. The van der Waals surface area contributed by atoms with Crippen LogP contribution in [0.1, 0.15) is 67.3 Å². The van der Waals surface area contributed by atoms with Crippen LogP contribution in [0.5, 0.6) is 0 Å². The van der Waals surface area contributed by atoms with Gasteiger partial charge in [0.1, 0.15) is 11.8 Å². The maximum absolute atomic E-state index is 13.8. The third-order valence-corrected chi connectivity index (χ3v) is 8.06. The number of aromatic nitrogens is 7. The van der Waals surface area contributed by atoms with Gasteiger partial charge in [0.25, 0.3) is 5.56 Å². The number of fused-ring (bicyclic) bond motifs is 1. The van der Waals surface area contributed by atoms with Gasteiger partial charge < -0.3 is 5.32 Å². The molecule has 2 aliphatic carbocycles. The monoisotopic (exact) mass is 514 g/mol. The topological polar surface area (TPSA) is 111 Å². The number of rotatable bonds is 8. The highest BCUT2D eigenvalue weighted by molar-refractivity contribution is 7.98. The number of thioether (sulfide) groups is 1. The molecule has 0 spiro atoms. The van der Waals surface area contributed by atoms with Gasteiger partial charge in [-0.15, -0.1) is 11.8 Å². The molecule has 1 atom stereocenters. The summed E-state index contributed by atoms with van der Waals surface area (Å²) in [5, 5.41) is 3.24. The Labute approximate surface area is 219 Å². The minimum atomic E-state index is -0.167. The van der Waals surface area contributed by atoms with E-state index in [4.69, 9.17) is 15.0 Å². The first-order valence-corrected chi connectivity index (χ1v) is 14.0. The first-order valence-electron chi connectivity index (χ1n) is 12.8. The van der Waals surface area contributed by atoms with Gasteiger partial charge in [-0.2, -0.15) is 0 Å². The Hall–Kier alpha value is -3.40. The van der Waals surface area contributed by atoms with Crippen LogP contribution < -0.4 is 10.9 Å². The highest BCUT2D eigenvalue weighted by Crippen LogP contribution is 2.44. The number of aryl methyl sites for hydroxylation is 2. The molecule has 1 N–H and O–H groups in total. The van der Waals surface area contributed by atoms with Crippen molar-refractivity contribution in [3.05, 3.63) is 57.8 Å². The van der Waals surface area contributed by atoms with E-state index >= 15 is 0 Å². The second-order valence-corrected chi connectivity index (χ2v) is 10.9. The highest BCUT2D eigenvalue weighted by atomic mass is 32.2. The Kier molecular flexibility index (Phi) is 6.14. The maximum Gasteiger partial charge on any atom is 0.295 e. The lowest BCUT2D eigenvalue weighted by atomic mass is 10.1. The summed E-state index contributed by atoms with van der Waals surface area (Å²) in [6.07, 6.45) is 9.94. The van der Waals surface area contributed by atoms with Gasteiger partial charge in [-0.25, -0.2) is 24.9 Å². The molecule has 10 heteroatoms. The van der Waals surface area contributed by atoms with Gasteiger partial charge in [-0.1, -0.05) is 0 Å². The van der Waals surface area contributed by atoms with Crippen LogP contribution in [-0.2, 0) is 6.54 Å². The Morgan fingerprint density at radius 2 is 1.86 bits per heavy atom. The molecule has 4 heterocycles. The van der Waals surface area contributed by atoms with Crippen LogP contribution >= 0.6 is 11.8 Å². The van der Waals surface area contributed by atoms with Crippen LogP contribution in [0.3, 0.4) is 0 Å². The predicted molar refractivity (Wildman–Crippen MR) is 145 cm³/mol. The van der Waals surface area contributed by atoms with Crippen molar-refractivity contribution in [2.75, 3.05) is 11.6 Å². The first kappa shape index (κ1) is 24.0.